The number of amides is 2. The van der Waals surface area contributed by atoms with Gasteiger partial charge in [-0.1, -0.05) is 42.5 Å². The summed E-state index contributed by atoms with van der Waals surface area (Å²) in [6.07, 6.45) is -0.410. The summed E-state index contributed by atoms with van der Waals surface area (Å²) in [5.74, 6) is -2.03. The van der Waals surface area contributed by atoms with Gasteiger partial charge in [-0.15, -0.1) is 5.10 Å². The molecule has 1 N–H and O–H groups in total. The first-order valence-electron chi connectivity index (χ1n) is 13.0. The number of aliphatic hydroxyl groups excluding tert-OH is 1. The van der Waals surface area contributed by atoms with Crippen LogP contribution in [0, 0.1) is 23.2 Å². The lowest BCUT2D eigenvalue weighted by atomic mass is 9.66. The van der Waals surface area contributed by atoms with Crippen molar-refractivity contribution in [1.29, 1.82) is 5.26 Å². The van der Waals surface area contributed by atoms with E-state index in [1.54, 1.807) is 23.7 Å². The number of aromatic nitrogens is 2. The van der Waals surface area contributed by atoms with E-state index >= 15 is 0 Å². The van der Waals surface area contributed by atoms with Gasteiger partial charge in [0.05, 0.1) is 52.3 Å². The molecule has 3 fully saturated rings. The van der Waals surface area contributed by atoms with Crippen molar-refractivity contribution in [3.05, 3.63) is 66.2 Å². The Kier molecular flexibility index (Phi) is 4.96. The van der Waals surface area contributed by atoms with E-state index in [9.17, 15) is 20.0 Å². The fraction of sp³-hybridized carbons (Fsp3) is 0.333. The van der Waals surface area contributed by atoms with Crippen molar-refractivity contribution in [3.63, 3.8) is 0 Å². The van der Waals surface area contributed by atoms with Gasteiger partial charge in [-0.05, 0) is 30.5 Å². The van der Waals surface area contributed by atoms with Gasteiger partial charge in [-0.3, -0.25) is 14.3 Å². The van der Waals surface area contributed by atoms with Gasteiger partial charge in [-0.25, -0.2) is 4.90 Å². The van der Waals surface area contributed by atoms with Crippen LogP contribution in [0.2, 0.25) is 0 Å². The molecule has 7 rings (SSSR count). The number of para-hydroxylation sites is 1. The number of aliphatic hydroxyl groups is 1. The molecular weight excluding hydrogens is 496 g/mol. The van der Waals surface area contributed by atoms with Gasteiger partial charge in [0.25, 0.3) is 0 Å². The Morgan fingerprint density at radius 1 is 1.08 bits per heavy atom. The molecule has 2 amide bonds. The molecule has 9 heteroatoms. The zero-order valence-corrected chi connectivity index (χ0v) is 21.5. The van der Waals surface area contributed by atoms with Gasteiger partial charge < -0.3 is 14.6 Å². The van der Waals surface area contributed by atoms with Crippen LogP contribution in [-0.4, -0.2) is 50.6 Å². The van der Waals surface area contributed by atoms with Gasteiger partial charge in [0.2, 0.25) is 17.7 Å². The molecule has 1 aromatic heterocycles. The fourth-order valence-electron chi connectivity index (χ4n) is 7.03. The number of nitrogens with zero attached hydrogens (tertiary/aromatic N) is 4. The number of anilines is 1. The number of carbonyl (C=O) groups is 2. The third kappa shape index (κ3) is 3.10. The molecule has 0 radical (unpaired) electrons. The number of carbonyl (C=O) groups excluding carboxylic acids is 2. The van der Waals surface area contributed by atoms with E-state index < -0.39 is 41.0 Å². The highest BCUT2D eigenvalue weighted by molar-refractivity contribution is 6.24. The Bertz CT molecular complexity index is 1740. The van der Waals surface area contributed by atoms with E-state index in [1.807, 2.05) is 55.6 Å². The maximum Gasteiger partial charge on any atom is 0.240 e. The highest BCUT2D eigenvalue weighted by atomic mass is 16.6. The zero-order valence-electron chi connectivity index (χ0n) is 21.5. The summed E-state index contributed by atoms with van der Waals surface area (Å²) < 4.78 is 14.2. The molecule has 196 valence electrons. The Morgan fingerprint density at radius 3 is 2.59 bits per heavy atom. The van der Waals surface area contributed by atoms with E-state index in [0.717, 1.165) is 21.2 Å². The minimum atomic E-state index is -1.21. The summed E-state index contributed by atoms with van der Waals surface area (Å²) >= 11 is 0. The van der Waals surface area contributed by atoms with Crippen LogP contribution in [0.25, 0.3) is 21.7 Å². The van der Waals surface area contributed by atoms with Gasteiger partial charge in [-0.2, -0.15) is 5.26 Å². The monoisotopic (exact) mass is 522 g/mol. The topological polar surface area (TPSA) is 118 Å². The van der Waals surface area contributed by atoms with Crippen LogP contribution >= 0.6 is 0 Å². The quantitative estimate of drug-likeness (QED) is 0.399. The van der Waals surface area contributed by atoms with Crippen LogP contribution in [-0.2, 0) is 21.4 Å². The van der Waals surface area contributed by atoms with Crippen molar-refractivity contribution < 1.29 is 24.2 Å². The predicted molar refractivity (Wildman–Crippen MR) is 142 cm³/mol. The molecule has 3 aromatic carbocycles. The van der Waals surface area contributed by atoms with E-state index in [-0.39, 0.29) is 24.3 Å². The minimum absolute atomic E-state index is 0.188. The van der Waals surface area contributed by atoms with Crippen molar-refractivity contribution in [2.75, 3.05) is 11.5 Å². The molecule has 5 atom stereocenters. The highest BCUT2D eigenvalue weighted by Gasteiger charge is 2.77. The molecule has 2 bridgehead atoms. The molecule has 39 heavy (non-hydrogen) atoms. The van der Waals surface area contributed by atoms with Crippen molar-refractivity contribution in [1.82, 2.24) is 9.78 Å². The summed E-state index contributed by atoms with van der Waals surface area (Å²) in [4.78, 5) is 29.1. The zero-order chi connectivity index (χ0) is 27.1. The lowest BCUT2D eigenvalue weighted by Gasteiger charge is -2.33. The van der Waals surface area contributed by atoms with Crippen molar-refractivity contribution in [2.24, 2.45) is 18.9 Å². The molecule has 4 heterocycles. The van der Waals surface area contributed by atoms with E-state index in [4.69, 9.17) is 9.47 Å². The first-order chi connectivity index (χ1) is 18.8. The maximum absolute atomic E-state index is 14.0. The average molecular weight is 523 g/mol. The number of ether oxygens (including phenoxy) is 2. The molecule has 3 saturated heterocycles. The summed E-state index contributed by atoms with van der Waals surface area (Å²) in [6.45, 7) is 1.89. The normalized spacial score (nSPS) is 29.4. The van der Waals surface area contributed by atoms with Gasteiger partial charge in [0.1, 0.15) is 11.7 Å². The average Bonchev–Trinajstić information content (AvgIpc) is 3.58. The standard InChI is InChI=1S/C30H26N4O5/c1-29-23(35)15-30(39-29,13-14-38-26-19-9-5-6-10-21(19)33(2)32-26)25-24(29)27(36)34(28(25)37)22-12-11-17-7-3-4-8-18(17)20(22)16-31/h3-12,23-25,35H,13-15H2,1-2H3. The van der Waals surface area contributed by atoms with Crippen molar-refractivity contribution in [3.8, 4) is 11.9 Å². The molecule has 9 nitrogen and oxygen atoms in total. The number of imide groups is 1. The first-order valence-corrected chi connectivity index (χ1v) is 13.0. The fourth-order valence-corrected chi connectivity index (χ4v) is 7.03. The van der Waals surface area contributed by atoms with Gasteiger partial charge in [0.15, 0.2) is 0 Å². The molecule has 3 aliphatic rings. The second-order valence-electron chi connectivity index (χ2n) is 10.9. The lowest BCUT2D eigenvalue weighted by molar-refractivity contribution is -0.134. The number of hydrogen-bond acceptors (Lipinski definition) is 7. The van der Waals surface area contributed by atoms with Crippen molar-refractivity contribution >= 4 is 39.2 Å². The Hall–Kier alpha value is -4.26. The van der Waals surface area contributed by atoms with Crippen LogP contribution in [0.15, 0.2) is 60.7 Å². The number of rotatable bonds is 5. The molecule has 0 saturated carbocycles. The Labute approximate surface area is 224 Å². The Balaban J connectivity index is 1.23. The SMILES string of the molecule is Cn1nc(OCCC23CC(O)C(C)(O2)C2C(=O)N(c4ccc5ccccc5c4C#N)C(=O)C23)c2ccccc21. The third-order valence-corrected chi connectivity index (χ3v) is 8.86. The summed E-state index contributed by atoms with van der Waals surface area (Å²) in [5.41, 5.74) is -0.817. The lowest BCUT2D eigenvalue weighted by Crippen LogP contribution is -2.49. The predicted octanol–water partition coefficient (Wildman–Crippen LogP) is 3.47. The highest BCUT2D eigenvalue weighted by Crippen LogP contribution is 2.62. The van der Waals surface area contributed by atoms with Crippen LogP contribution in [0.3, 0.4) is 0 Å². The molecule has 0 aliphatic carbocycles. The second-order valence-corrected chi connectivity index (χ2v) is 10.9. The number of aryl methyl sites for hydroxylation is 1. The maximum atomic E-state index is 14.0. The number of benzene rings is 3. The van der Waals surface area contributed by atoms with Crippen LogP contribution in [0.5, 0.6) is 5.88 Å². The minimum Gasteiger partial charge on any atom is -0.476 e. The van der Waals surface area contributed by atoms with E-state index in [2.05, 4.69) is 11.2 Å². The van der Waals surface area contributed by atoms with E-state index in [1.165, 1.54) is 0 Å². The smallest absolute Gasteiger partial charge is 0.240 e. The Morgan fingerprint density at radius 2 is 1.79 bits per heavy atom. The molecule has 3 aliphatic heterocycles. The molecule has 4 aromatic rings. The molecule has 0 spiro atoms. The van der Waals surface area contributed by atoms with Crippen LogP contribution in [0.4, 0.5) is 5.69 Å². The van der Waals surface area contributed by atoms with Crippen LogP contribution in [0.1, 0.15) is 25.3 Å². The number of nitriles is 1. The van der Waals surface area contributed by atoms with Gasteiger partial charge in [0, 0.05) is 25.3 Å². The van der Waals surface area contributed by atoms with Gasteiger partial charge >= 0.3 is 0 Å². The van der Waals surface area contributed by atoms with Crippen molar-refractivity contribution in [2.45, 2.75) is 37.1 Å². The number of hydrogen-bond donors (Lipinski definition) is 1. The third-order valence-electron chi connectivity index (χ3n) is 8.86. The van der Waals surface area contributed by atoms with Crippen LogP contribution < -0.4 is 9.64 Å². The summed E-state index contributed by atoms with van der Waals surface area (Å²) in [5, 5.41) is 27.9. The summed E-state index contributed by atoms with van der Waals surface area (Å²) in [7, 11) is 1.84. The second kappa shape index (κ2) is 8.12. The number of fused-ring (bicyclic) bond motifs is 7. The molecular formula is C30H26N4O5. The largest absolute Gasteiger partial charge is 0.476 e. The first kappa shape index (κ1) is 23.8. The van der Waals surface area contributed by atoms with E-state index in [0.29, 0.717) is 17.7 Å². The molecule has 5 unspecified atom stereocenters. The summed E-state index contributed by atoms with van der Waals surface area (Å²) in [6, 6.07) is 20.8.